The molecular weight excluding hydrogens is 368 g/mol. The highest BCUT2D eigenvalue weighted by Gasteiger charge is 2.34. The Labute approximate surface area is 164 Å². The molecule has 1 atom stereocenters. The molecule has 146 valence electrons. The van der Waals surface area contributed by atoms with Crippen molar-refractivity contribution in [2.45, 2.75) is 13.0 Å². The number of methoxy groups -OCH3 is 1. The van der Waals surface area contributed by atoms with Gasteiger partial charge in [0.05, 0.1) is 18.7 Å². The van der Waals surface area contributed by atoms with Crippen LogP contribution in [0.5, 0.6) is 0 Å². The van der Waals surface area contributed by atoms with Crippen LogP contribution < -0.4 is 10.6 Å². The first-order valence-corrected chi connectivity index (χ1v) is 9.48. The third-order valence-electron chi connectivity index (χ3n) is 5.06. The van der Waals surface area contributed by atoms with Gasteiger partial charge >= 0.3 is 12.0 Å². The fourth-order valence-corrected chi connectivity index (χ4v) is 3.61. The molecule has 27 heavy (non-hydrogen) atoms. The second kappa shape index (κ2) is 8.73. The normalized spacial score (nSPS) is 21.6. The first kappa shape index (κ1) is 19.7. The summed E-state index contributed by atoms with van der Waals surface area (Å²) in [7, 11) is 1.35. The van der Waals surface area contributed by atoms with Crippen LogP contribution in [0, 0.1) is 0 Å². The second-order valence-corrected chi connectivity index (χ2v) is 7.11. The van der Waals surface area contributed by atoms with Crippen molar-refractivity contribution in [2.75, 3.05) is 46.4 Å². The summed E-state index contributed by atoms with van der Waals surface area (Å²) < 4.78 is 5.01. The van der Waals surface area contributed by atoms with Crippen molar-refractivity contribution < 1.29 is 14.3 Å². The van der Waals surface area contributed by atoms with E-state index in [4.69, 9.17) is 16.3 Å². The highest BCUT2D eigenvalue weighted by Crippen LogP contribution is 2.29. The molecule has 2 aliphatic rings. The predicted molar refractivity (Wildman–Crippen MR) is 103 cm³/mol. The van der Waals surface area contributed by atoms with E-state index in [0.717, 1.165) is 38.3 Å². The van der Waals surface area contributed by atoms with Gasteiger partial charge in [-0.1, -0.05) is 30.7 Å². The van der Waals surface area contributed by atoms with E-state index in [1.165, 1.54) is 7.11 Å². The molecule has 0 aliphatic carbocycles. The van der Waals surface area contributed by atoms with E-state index >= 15 is 0 Å². The van der Waals surface area contributed by atoms with Crippen molar-refractivity contribution in [3.05, 3.63) is 46.1 Å². The maximum absolute atomic E-state index is 12.6. The maximum Gasteiger partial charge on any atom is 0.338 e. The lowest BCUT2D eigenvalue weighted by Gasteiger charge is -2.36. The van der Waals surface area contributed by atoms with Gasteiger partial charge in [-0.05, 0) is 24.2 Å². The van der Waals surface area contributed by atoms with Crippen LogP contribution in [0.2, 0.25) is 5.02 Å². The zero-order chi connectivity index (χ0) is 19.4. The fraction of sp³-hybridized carbons (Fsp3) is 0.474. The number of carbonyl (C=O) groups excluding carboxylic acids is 2. The number of hydrogen-bond donors (Lipinski definition) is 2. The zero-order valence-corrected chi connectivity index (χ0v) is 16.4. The first-order chi connectivity index (χ1) is 13.0. The van der Waals surface area contributed by atoms with Crippen LogP contribution >= 0.6 is 11.6 Å². The van der Waals surface area contributed by atoms with Crippen LogP contribution in [0.1, 0.15) is 18.5 Å². The van der Waals surface area contributed by atoms with E-state index in [9.17, 15) is 9.59 Å². The third-order valence-corrected chi connectivity index (χ3v) is 5.31. The molecule has 3 rings (SSSR count). The van der Waals surface area contributed by atoms with Crippen molar-refractivity contribution in [2.24, 2.45) is 0 Å². The number of nitrogens with one attached hydrogen (secondary N) is 2. The number of halogens is 1. The Balaban J connectivity index is 1.89. The smallest absolute Gasteiger partial charge is 0.338 e. The average Bonchev–Trinajstić information content (AvgIpc) is 2.68. The average molecular weight is 393 g/mol. The molecule has 1 aromatic carbocycles. The molecule has 0 bridgehead atoms. The summed E-state index contributed by atoms with van der Waals surface area (Å²) >= 11 is 5.97. The van der Waals surface area contributed by atoms with Gasteiger partial charge in [-0.3, -0.25) is 4.90 Å². The van der Waals surface area contributed by atoms with Gasteiger partial charge in [-0.2, -0.15) is 0 Å². The van der Waals surface area contributed by atoms with Crippen molar-refractivity contribution in [3.63, 3.8) is 0 Å². The van der Waals surface area contributed by atoms with Crippen molar-refractivity contribution >= 4 is 23.6 Å². The van der Waals surface area contributed by atoms with E-state index in [0.29, 0.717) is 22.8 Å². The number of esters is 1. The van der Waals surface area contributed by atoms with Crippen molar-refractivity contribution in [1.82, 2.24) is 20.4 Å². The van der Waals surface area contributed by atoms with Gasteiger partial charge in [0.1, 0.15) is 0 Å². The molecule has 2 aliphatic heterocycles. The molecule has 1 fully saturated rings. The lowest BCUT2D eigenvalue weighted by atomic mass is 9.95. The van der Waals surface area contributed by atoms with Gasteiger partial charge in [-0.25, -0.2) is 9.59 Å². The minimum absolute atomic E-state index is 0.329. The second-order valence-electron chi connectivity index (χ2n) is 6.68. The van der Waals surface area contributed by atoms with Gasteiger partial charge < -0.3 is 20.3 Å². The molecule has 2 heterocycles. The Morgan fingerprint density at radius 3 is 2.41 bits per heavy atom. The topological polar surface area (TPSA) is 73.9 Å². The van der Waals surface area contributed by atoms with Crippen LogP contribution in [0.15, 0.2) is 35.5 Å². The fourth-order valence-electron chi connectivity index (χ4n) is 3.49. The number of likely N-dealkylation sites (N-methyl/N-ethyl adjacent to an activating group) is 1. The zero-order valence-electron chi connectivity index (χ0n) is 15.6. The van der Waals surface area contributed by atoms with Crippen LogP contribution in [0.4, 0.5) is 4.79 Å². The van der Waals surface area contributed by atoms with Gasteiger partial charge in [0, 0.05) is 43.4 Å². The lowest BCUT2D eigenvalue weighted by Crippen LogP contribution is -2.51. The maximum atomic E-state index is 12.6. The summed E-state index contributed by atoms with van der Waals surface area (Å²) in [6, 6.07) is 6.19. The summed E-state index contributed by atoms with van der Waals surface area (Å²) in [4.78, 5) is 29.4. The number of nitrogens with zero attached hydrogens (tertiary/aromatic N) is 2. The molecule has 2 amide bonds. The molecule has 1 saturated heterocycles. The molecule has 0 saturated carbocycles. The lowest BCUT2D eigenvalue weighted by molar-refractivity contribution is -0.136. The minimum Gasteiger partial charge on any atom is -0.466 e. The third kappa shape index (κ3) is 4.61. The Hall–Kier alpha value is -2.09. The summed E-state index contributed by atoms with van der Waals surface area (Å²) in [5.74, 6) is -0.454. The van der Waals surface area contributed by atoms with E-state index in [2.05, 4.69) is 27.4 Å². The molecule has 0 unspecified atom stereocenters. The molecule has 0 aromatic heterocycles. The van der Waals surface area contributed by atoms with E-state index in [1.54, 1.807) is 24.3 Å². The Bertz CT molecular complexity index is 727. The quantitative estimate of drug-likeness (QED) is 0.747. The van der Waals surface area contributed by atoms with Crippen molar-refractivity contribution in [1.29, 1.82) is 0 Å². The largest absolute Gasteiger partial charge is 0.466 e. The Morgan fingerprint density at radius 2 is 1.81 bits per heavy atom. The number of benzene rings is 1. The number of rotatable bonds is 5. The predicted octanol–water partition coefficient (Wildman–Crippen LogP) is 1.76. The Kier molecular flexibility index (Phi) is 6.36. The number of hydrogen-bond acceptors (Lipinski definition) is 5. The van der Waals surface area contributed by atoms with Gasteiger partial charge in [-0.15, -0.1) is 0 Å². The van der Waals surface area contributed by atoms with Crippen LogP contribution in [-0.4, -0.2) is 68.2 Å². The monoisotopic (exact) mass is 392 g/mol. The number of piperazine rings is 1. The molecule has 0 spiro atoms. The van der Waals surface area contributed by atoms with E-state index in [1.807, 2.05) is 0 Å². The molecular formula is C19H25ClN4O3. The molecule has 2 N–H and O–H groups in total. The van der Waals surface area contributed by atoms with Crippen molar-refractivity contribution in [3.8, 4) is 0 Å². The highest BCUT2D eigenvalue weighted by molar-refractivity contribution is 6.30. The van der Waals surface area contributed by atoms with Crippen LogP contribution in [0.3, 0.4) is 0 Å². The van der Waals surface area contributed by atoms with E-state index in [-0.39, 0.29) is 6.03 Å². The van der Waals surface area contributed by atoms with Gasteiger partial charge in [0.15, 0.2) is 0 Å². The highest BCUT2D eigenvalue weighted by atomic mass is 35.5. The molecule has 1 aromatic rings. The SMILES string of the molecule is CCN1CCN(CC2=C(C(=O)OC)[C@H](c3ccc(Cl)cc3)NC(=O)N2)CC1. The van der Waals surface area contributed by atoms with Crippen LogP contribution in [-0.2, 0) is 9.53 Å². The minimum atomic E-state index is -0.574. The summed E-state index contributed by atoms with van der Waals surface area (Å²) in [6.07, 6.45) is 0. The van der Waals surface area contributed by atoms with Gasteiger partial charge in [0.25, 0.3) is 0 Å². The summed E-state index contributed by atoms with van der Waals surface area (Å²) in [5.41, 5.74) is 1.80. The number of carbonyl (C=O) groups is 2. The summed E-state index contributed by atoms with van der Waals surface area (Å²) in [5, 5.41) is 6.23. The van der Waals surface area contributed by atoms with E-state index < -0.39 is 12.0 Å². The molecule has 7 nitrogen and oxygen atoms in total. The number of ether oxygens (including phenoxy) is 1. The first-order valence-electron chi connectivity index (χ1n) is 9.11. The molecule has 8 heteroatoms. The standard InChI is InChI=1S/C19H25ClN4O3/c1-3-23-8-10-24(11-9-23)12-15-16(18(25)27-2)17(22-19(26)21-15)13-4-6-14(20)7-5-13/h4-7,17H,3,8-12H2,1-2H3,(H2,21,22,26)/t17-/m0/s1. The van der Waals surface area contributed by atoms with Gasteiger partial charge in [0.2, 0.25) is 0 Å². The number of amides is 2. The van der Waals surface area contributed by atoms with Crippen LogP contribution in [0.25, 0.3) is 0 Å². The Morgan fingerprint density at radius 1 is 1.19 bits per heavy atom. The number of urea groups is 1. The molecule has 0 radical (unpaired) electrons. The summed E-state index contributed by atoms with van der Waals surface area (Å²) in [6.45, 7) is 7.41.